The van der Waals surface area contributed by atoms with Crippen LogP contribution in [0.4, 0.5) is 0 Å². The fraction of sp³-hybridized carbons (Fsp3) is 0.259. The number of nitrogens with one attached hydrogen (secondary N) is 1. The Morgan fingerprint density at radius 1 is 1.00 bits per heavy atom. The predicted octanol–water partition coefficient (Wildman–Crippen LogP) is 4.28. The Labute approximate surface area is 202 Å². The summed E-state index contributed by atoms with van der Waals surface area (Å²) >= 11 is 0. The molecule has 0 aliphatic carbocycles. The maximum atomic E-state index is 12.8. The molecule has 0 amide bonds. The number of hydrogen-bond donors (Lipinski definition) is 1. The van der Waals surface area contributed by atoms with Crippen LogP contribution in [0.3, 0.4) is 0 Å². The number of nitrogens with zero attached hydrogens (tertiary/aromatic N) is 2. The van der Waals surface area contributed by atoms with Gasteiger partial charge in [-0.25, -0.2) is 4.79 Å². The van der Waals surface area contributed by atoms with Crippen LogP contribution in [-0.2, 0) is 34.2 Å². The molecule has 1 N–H and O–H groups in total. The molecule has 0 fully saturated rings. The van der Waals surface area contributed by atoms with Crippen molar-refractivity contribution in [1.82, 2.24) is 14.8 Å². The average Bonchev–Trinajstić information content (AvgIpc) is 3.46. The number of ketones is 1. The molecule has 2 aromatic heterocycles. The fourth-order valence-electron chi connectivity index (χ4n) is 3.93. The lowest BCUT2D eigenvalue weighted by Gasteiger charge is -2.03. The number of aromatic amines is 1. The van der Waals surface area contributed by atoms with Gasteiger partial charge in [-0.3, -0.25) is 14.3 Å². The van der Waals surface area contributed by atoms with Gasteiger partial charge < -0.3 is 14.5 Å². The number of ether oxygens (including phenoxy) is 2. The molecule has 0 radical (unpaired) electrons. The highest BCUT2D eigenvalue weighted by Crippen LogP contribution is 2.26. The minimum Gasteiger partial charge on any atom is -0.469 e. The Bertz CT molecular complexity index is 1380. The van der Waals surface area contributed by atoms with E-state index in [1.807, 2.05) is 42.5 Å². The standard InChI is InChI=1S/C27H27N3O5/c1-4-35-27(33)23-15-20-14-19(10-11-21(20)28-23)24-16-22(29-30(24)2)25(31)12-9-17-5-7-18(8-6-17)13-26(32)34-3/h5-8,10-11,14-16,28H,4,9,12-13H2,1-3H3. The first-order valence-corrected chi connectivity index (χ1v) is 11.4. The molecule has 180 valence electrons. The normalized spacial score (nSPS) is 10.9. The molecule has 2 heterocycles. The molecule has 35 heavy (non-hydrogen) atoms. The summed E-state index contributed by atoms with van der Waals surface area (Å²) in [5.74, 6) is -0.719. The van der Waals surface area contributed by atoms with Crippen LogP contribution in [0.5, 0.6) is 0 Å². The van der Waals surface area contributed by atoms with Gasteiger partial charge in [0, 0.05) is 29.9 Å². The van der Waals surface area contributed by atoms with Gasteiger partial charge in [0.05, 0.1) is 25.8 Å². The summed E-state index contributed by atoms with van der Waals surface area (Å²) in [6, 6.07) is 16.9. The van der Waals surface area contributed by atoms with E-state index in [9.17, 15) is 14.4 Å². The van der Waals surface area contributed by atoms with E-state index in [1.165, 1.54) is 7.11 Å². The second-order valence-electron chi connectivity index (χ2n) is 8.24. The molecular weight excluding hydrogens is 446 g/mol. The number of esters is 2. The van der Waals surface area contributed by atoms with Crippen LogP contribution < -0.4 is 0 Å². The number of aryl methyl sites for hydroxylation is 2. The van der Waals surface area contributed by atoms with Crippen LogP contribution in [-0.4, -0.2) is 46.2 Å². The number of fused-ring (bicyclic) bond motifs is 1. The number of rotatable bonds is 9. The van der Waals surface area contributed by atoms with E-state index in [-0.39, 0.29) is 18.2 Å². The van der Waals surface area contributed by atoms with Crippen LogP contribution in [0, 0.1) is 0 Å². The SMILES string of the molecule is CCOC(=O)c1cc2cc(-c3cc(C(=O)CCc4ccc(CC(=O)OC)cc4)nn3C)ccc2[nH]1. The number of H-pyrrole nitrogens is 1. The second-order valence-corrected chi connectivity index (χ2v) is 8.24. The monoisotopic (exact) mass is 473 g/mol. The lowest BCUT2D eigenvalue weighted by Crippen LogP contribution is -2.05. The Kier molecular flexibility index (Phi) is 7.10. The molecule has 2 aromatic carbocycles. The molecule has 0 atom stereocenters. The van der Waals surface area contributed by atoms with Gasteiger partial charge in [0.15, 0.2) is 5.78 Å². The van der Waals surface area contributed by atoms with E-state index in [1.54, 1.807) is 30.8 Å². The summed E-state index contributed by atoms with van der Waals surface area (Å²) < 4.78 is 11.4. The van der Waals surface area contributed by atoms with E-state index < -0.39 is 5.97 Å². The summed E-state index contributed by atoms with van der Waals surface area (Å²) in [6.07, 6.45) is 1.13. The first-order valence-electron chi connectivity index (χ1n) is 11.4. The number of carbonyl (C=O) groups is 3. The molecule has 0 spiro atoms. The van der Waals surface area contributed by atoms with Gasteiger partial charge >= 0.3 is 11.9 Å². The Balaban J connectivity index is 1.45. The molecule has 4 rings (SSSR count). The van der Waals surface area contributed by atoms with Crippen LogP contribution >= 0.6 is 0 Å². The maximum Gasteiger partial charge on any atom is 0.354 e. The molecule has 4 aromatic rings. The van der Waals surface area contributed by atoms with Crippen molar-refractivity contribution in [2.24, 2.45) is 7.05 Å². The molecule has 0 aliphatic heterocycles. The van der Waals surface area contributed by atoms with Crippen LogP contribution in [0.1, 0.15) is 45.4 Å². The molecule has 8 nitrogen and oxygen atoms in total. The zero-order valence-electron chi connectivity index (χ0n) is 20.0. The molecular formula is C27H27N3O5. The molecule has 0 unspecified atom stereocenters. The third kappa shape index (κ3) is 5.48. The first kappa shape index (κ1) is 23.9. The molecule has 0 saturated carbocycles. The number of benzene rings is 2. The van der Waals surface area contributed by atoms with Crippen molar-refractivity contribution in [3.05, 3.63) is 77.1 Å². The molecule has 0 aliphatic rings. The summed E-state index contributed by atoms with van der Waals surface area (Å²) in [5.41, 5.74) is 5.22. The zero-order valence-corrected chi connectivity index (χ0v) is 20.0. The van der Waals surface area contributed by atoms with E-state index in [2.05, 4.69) is 14.8 Å². The number of Topliss-reactive ketones (excluding diaryl/α,β-unsaturated/α-hetero) is 1. The van der Waals surface area contributed by atoms with Gasteiger partial charge in [-0.15, -0.1) is 0 Å². The molecule has 0 saturated heterocycles. The minimum absolute atomic E-state index is 0.0437. The van der Waals surface area contributed by atoms with E-state index in [4.69, 9.17) is 4.74 Å². The average molecular weight is 474 g/mol. The third-order valence-electron chi connectivity index (χ3n) is 5.82. The quantitative estimate of drug-likeness (QED) is 0.288. The Morgan fingerprint density at radius 3 is 2.46 bits per heavy atom. The summed E-state index contributed by atoms with van der Waals surface area (Å²) in [6.45, 7) is 2.08. The number of methoxy groups -OCH3 is 1. The van der Waals surface area contributed by atoms with Crippen molar-refractivity contribution in [3.63, 3.8) is 0 Å². The summed E-state index contributed by atoms with van der Waals surface area (Å²) in [7, 11) is 3.17. The highest BCUT2D eigenvalue weighted by Gasteiger charge is 2.16. The van der Waals surface area contributed by atoms with Gasteiger partial charge in [-0.2, -0.15) is 5.10 Å². The highest BCUT2D eigenvalue weighted by atomic mass is 16.5. The van der Waals surface area contributed by atoms with Gasteiger partial charge in [-0.1, -0.05) is 30.3 Å². The van der Waals surface area contributed by atoms with Crippen LogP contribution in [0.25, 0.3) is 22.2 Å². The predicted molar refractivity (Wildman–Crippen MR) is 131 cm³/mol. The van der Waals surface area contributed by atoms with Crippen molar-refractivity contribution in [1.29, 1.82) is 0 Å². The third-order valence-corrected chi connectivity index (χ3v) is 5.82. The number of carbonyl (C=O) groups excluding carboxylic acids is 3. The smallest absolute Gasteiger partial charge is 0.354 e. The maximum absolute atomic E-state index is 12.8. The van der Waals surface area contributed by atoms with Crippen molar-refractivity contribution in [2.45, 2.75) is 26.2 Å². The van der Waals surface area contributed by atoms with Gasteiger partial charge in [-0.05, 0) is 48.7 Å². The second kappa shape index (κ2) is 10.4. The lowest BCUT2D eigenvalue weighted by molar-refractivity contribution is -0.139. The Hall–Kier alpha value is -4.20. The van der Waals surface area contributed by atoms with Crippen LogP contribution in [0.15, 0.2) is 54.6 Å². The lowest BCUT2D eigenvalue weighted by atomic mass is 10.0. The van der Waals surface area contributed by atoms with Crippen molar-refractivity contribution >= 4 is 28.6 Å². The topological polar surface area (TPSA) is 103 Å². The first-order chi connectivity index (χ1) is 16.9. The minimum atomic E-state index is -0.392. The van der Waals surface area contributed by atoms with Crippen molar-refractivity contribution in [3.8, 4) is 11.3 Å². The summed E-state index contributed by atoms with van der Waals surface area (Å²) in [5, 5.41) is 5.30. The van der Waals surface area contributed by atoms with Crippen molar-refractivity contribution < 1.29 is 23.9 Å². The molecule has 0 bridgehead atoms. The van der Waals surface area contributed by atoms with E-state index in [0.717, 1.165) is 33.3 Å². The largest absolute Gasteiger partial charge is 0.469 e. The number of hydrogen-bond acceptors (Lipinski definition) is 6. The highest BCUT2D eigenvalue weighted by molar-refractivity contribution is 5.97. The fourth-order valence-corrected chi connectivity index (χ4v) is 3.93. The van der Waals surface area contributed by atoms with Crippen molar-refractivity contribution in [2.75, 3.05) is 13.7 Å². The molecule has 8 heteroatoms. The van der Waals surface area contributed by atoms with Gasteiger partial charge in [0.25, 0.3) is 0 Å². The zero-order chi connectivity index (χ0) is 24.9. The van der Waals surface area contributed by atoms with Crippen LogP contribution in [0.2, 0.25) is 0 Å². The van der Waals surface area contributed by atoms with E-state index in [0.29, 0.717) is 30.8 Å². The van der Waals surface area contributed by atoms with Gasteiger partial charge in [0.2, 0.25) is 0 Å². The number of aromatic nitrogens is 3. The van der Waals surface area contributed by atoms with Gasteiger partial charge in [0.1, 0.15) is 11.4 Å². The summed E-state index contributed by atoms with van der Waals surface area (Å²) in [4.78, 5) is 39.3. The van der Waals surface area contributed by atoms with E-state index >= 15 is 0 Å². The Morgan fingerprint density at radius 2 is 1.74 bits per heavy atom.